The summed E-state index contributed by atoms with van der Waals surface area (Å²) in [5.74, 6) is 2.21. The van der Waals surface area contributed by atoms with Crippen LogP contribution in [-0.2, 0) is 9.47 Å². The van der Waals surface area contributed by atoms with Crippen LogP contribution in [0.25, 0.3) is 0 Å². The van der Waals surface area contributed by atoms with Gasteiger partial charge < -0.3 is 9.47 Å². The van der Waals surface area contributed by atoms with Crippen LogP contribution in [0.3, 0.4) is 0 Å². The Morgan fingerprint density at radius 2 is 1.88 bits per heavy atom. The summed E-state index contributed by atoms with van der Waals surface area (Å²) in [5, 5.41) is 0. The van der Waals surface area contributed by atoms with Crippen molar-refractivity contribution in [3.63, 3.8) is 0 Å². The minimum atomic E-state index is 0.383. The molecule has 0 radical (unpaired) electrons. The first-order chi connectivity index (χ1) is 7.86. The highest BCUT2D eigenvalue weighted by Gasteiger charge is 2.16. The Kier molecular flexibility index (Phi) is 4.19. The van der Waals surface area contributed by atoms with E-state index in [0.717, 1.165) is 63.8 Å². The molecule has 0 fully saturated rings. The molecule has 16 heavy (non-hydrogen) atoms. The smallest absolute Gasteiger partial charge is 0.186 e. The first kappa shape index (κ1) is 11.4. The Labute approximate surface area is 96.8 Å². The van der Waals surface area contributed by atoms with Crippen LogP contribution in [0.2, 0.25) is 0 Å². The lowest BCUT2D eigenvalue weighted by Crippen LogP contribution is -2.22. The molecule has 4 heteroatoms. The molecule has 1 atom stereocenters. The average molecular weight is 224 g/mol. The summed E-state index contributed by atoms with van der Waals surface area (Å²) < 4.78 is 11.0. The molecule has 0 saturated heterocycles. The number of hydrogen-bond donors (Lipinski definition) is 0. The zero-order valence-electron chi connectivity index (χ0n) is 9.95. The summed E-state index contributed by atoms with van der Waals surface area (Å²) in [4.78, 5) is 8.77. The van der Waals surface area contributed by atoms with Gasteiger partial charge in [-0.15, -0.1) is 0 Å². The Balaban J connectivity index is 1.76. The predicted octanol–water partition coefficient (Wildman–Crippen LogP) is 2.04. The van der Waals surface area contributed by atoms with Gasteiger partial charge in [0.2, 0.25) is 0 Å². The fourth-order valence-corrected chi connectivity index (χ4v) is 1.89. The lowest BCUT2D eigenvalue weighted by atomic mass is 10.0. The van der Waals surface area contributed by atoms with E-state index in [1.165, 1.54) is 0 Å². The van der Waals surface area contributed by atoms with Crippen molar-refractivity contribution in [2.24, 2.45) is 15.9 Å². The van der Waals surface area contributed by atoms with Crippen molar-refractivity contribution in [3.05, 3.63) is 0 Å². The second-order valence-corrected chi connectivity index (χ2v) is 4.34. The van der Waals surface area contributed by atoms with Gasteiger partial charge in [0, 0.05) is 38.3 Å². The summed E-state index contributed by atoms with van der Waals surface area (Å²) in [6, 6.07) is 0. The summed E-state index contributed by atoms with van der Waals surface area (Å²) >= 11 is 0. The average Bonchev–Trinajstić information content (AvgIpc) is 2.38. The highest BCUT2D eigenvalue weighted by Crippen LogP contribution is 2.14. The van der Waals surface area contributed by atoms with E-state index in [9.17, 15) is 0 Å². The van der Waals surface area contributed by atoms with E-state index in [1.807, 2.05) is 0 Å². The maximum absolute atomic E-state index is 5.55. The monoisotopic (exact) mass is 224 g/mol. The Morgan fingerprint density at radius 3 is 2.50 bits per heavy atom. The molecule has 0 amide bonds. The third-order valence-corrected chi connectivity index (χ3v) is 2.89. The number of hydrogen-bond acceptors (Lipinski definition) is 4. The standard InChI is InChI=1S/C12H20N2O2/c1-10(12-14-7-3-9-16-12)4-5-11-13-6-2-8-15-11/h10H,2-9H2,1H3. The van der Waals surface area contributed by atoms with Gasteiger partial charge in [-0.1, -0.05) is 6.92 Å². The second kappa shape index (κ2) is 5.87. The van der Waals surface area contributed by atoms with Crippen molar-refractivity contribution in [2.75, 3.05) is 26.3 Å². The summed E-state index contributed by atoms with van der Waals surface area (Å²) in [6.07, 6.45) is 4.02. The van der Waals surface area contributed by atoms with Crippen molar-refractivity contribution < 1.29 is 9.47 Å². The first-order valence-electron chi connectivity index (χ1n) is 6.19. The highest BCUT2D eigenvalue weighted by atomic mass is 16.5. The maximum Gasteiger partial charge on any atom is 0.186 e. The molecule has 0 N–H and O–H groups in total. The van der Waals surface area contributed by atoms with Crippen LogP contribution in [0.15, 0.2) is 9.98 Å². The van der Waals surface area contributed by atoms with Gasteiger partial charge in [-0.25, -0.2) is 0 Å². The maximum atomic E-state index is 5.55. The molecule has 0 aliphatic carbocycles. The third kappa shape index (κ3) is 3.22. The van der Waals surface area contributed by atoms with E-state index in [2.05, 4.69) is 16.9 Å². The van der Waals surface area contributed by atoms with Crippen LogP contribution in [0.4, 0.5) is 0 Å². The molecule has 0 aromatic heterocycles. The van der Waals surface area contributed by atoms with Crippen molar-refractivity contribution in [1.82, 2.24) is 0 Å². The van der Waals surface area contributed by atoms with Crippen LogP contribution in [0.5, 0.6) is 0 Å². The minimum absolute atomic E-state index is 0.383. The van der Waals surface area contributed by atoms with E-state index in [0.29, 0.717) is 5.92 Å². The fourth-order valence-electron chi connectivity index (χ4n) is 1.89. The van der Waals surface area contributed by atoms with Gasteiger partial charge >= 0.3 is 0 Å². The molecule has 4 nitrogen and oxygen atoms in total. The molecule has 0 aromatic carbocycles. The highest BCUT2D eigenvalue weighted by molar-refractivity contribution is 5.81. The van der Waals surface area contributed by atoms with Crippen molar-refractivity contribution in [1.29, 1.82) is 0 Å². The Morgan fingerprint density at radius 1 is 1.12 bits per heavy atom. The van der Waals surface area contributed by atoms with Gasteiger partial charge in [-0.2, -0.15) is 0 Å². The van der Waals surface area contributed by atoms with Crippen LogP contribution < -0.4 is 0 Å². The summed E-state index contributed by atoms with van der Waals surface area (Å²) in [5.41, 5.74) is 0. The molecule has 2 aliphatic heterocycles. The topological polar surface area (TPSA) is 43.2 Å². The van der Waals surface area contributed by atoms with Gasteiger partial charge in [-0.3, -0.25) is 9.98 Å². The van der Waals surface area contributed by atoms with Gasteiger partial charge in [0.25, 0.3) is 0 Å². The van der Waals surface area contributed by atoms with Crippen molar-refractivity contribution in [3.8, 4) is 0 Å². The normalized spacial score (nSPS) is 22.6. The lowest BCUT2D eigenvalue weighted by molar-refractivity contribution is 0.254. The first-order valence-corrected chi connectivity index (χ1v) is 6.19. The van der Waals surface area contributed by atoms with Gasteiger partial charge in [0.1, 0.15) is 0 Å². The molecule has 2 heterocycles. The van der Waals surface area contributed by atoms with E-state index in [4.69, 9.17) is 9.47 Å². The summed E-state index contributed by atoms with van der Waals surface area (Å²) in [6.45, 7) is 5.64. The van der Waals surface area contributed by atoms with E-state index < -0.39 is 0 Å². The van der Waals surface area contributed by atoms with E-state index >= 15 is 0 Å². The van der Waals surface area contributed by atoms with E-state index in [-0.39, 0.29) is 0 Å². The largest absolute Gasteiger partial charge is 0.481 e. The predicted molar refractivity (Wildman–Crippen MR) is 64.1 cm³/mol. The fraction of sp³-hybridized carbons (Fsp3) is 0.833. The molecule has 2 rings (SSSR count). The van der Waals surface area contributed by atoms with Crippen LogP contribution >= 0.6 is 0 Å². The quantitative estimate of drug-likeness (QED) is 0.733. The molecule has 0 saturated carbocycles. The molecule has 90 valence electrons. The molecule has 0 spiro atoms. The zero-order valence-corrected chi connectivity index (χ0v) is 9.95. The molecular formula is C12H20N2O2. The van der Waals surface area contributed by atoms with Crippen LogP contribution in [0.1, 0.15) is 32.6 Å². The molecule has 1 unspecified atom stereocenters. The van der Waals surface area contributed by atoms with Gasteiger partial charge in [0.15, 0.2) is 11.8 Å². The van der Waals surface area contributed by atoms with Crippen molar-refractivity contribution >= 4 is 11.8 Å². The number of nitrogens with zero attached hydrogens (tertiary/aromatic N) is 2. The number of ether oxygens (including phenoxy) is 2. The minimum Gasteiger partial charge on any atom is -0.481 e. The van der Waals surface area contributed by atoms with Crippen molar-refractivity contribution in [2.45, 2.75) is 32.6 Å². The van der Waals surface area contributed by atoms with Gasteiger partial charge in [0.05, 0.1) is 13.2 Å². The molecule has 0 aromatic rings. The Hall–Kier alpha value is -1.06. The lowest BCUT2D eigenvalue weighted by Gasteiger charge is -2.20. The zero-order chi connectivity index (χ0) is 11.2. The van der Waals surface area contributed by atoms with Crippen LogP contribution in [0, 0.1) is 5.92 Å². The number of aliphatic imine (C=N–C) groups is 2. The second-order valence-electron chi connectivity index (χ2n) is 4.34. The Bertz CT molecular complexity index is 287. The van der Waals surface area contributed by atoms with Gasteiger partial charge in [-0.05, 0) is 6.42 Å². The molecular weight excluding hydrogens is 204 g/mol. The molecule has 2 aliphatic rings. The van der Waals surface area contributed by atoms with Crippen LogP contribution in [-0.4, -0.2) is 38.1 Å². The SMILES string of the molecule is CC(CCC1=NCCCO1)C1=NCCCO1. The summed E-state index contributed by atoms with van der Waals surface area (Å²) in [7, 11) is 0. The van der Waals surface area contributed by atoms with E-state index in [1.54, 1.807) is 0 Å². The number of rotatable bonds is 4. The third-order valence-electron chi connectivity index (χ3n) is 2.89. The molecule has 0 bridgehead atoms.